The first-order valence-corrected chi connectivity index (χ1v) is 6.84. The van der Waals surface area contributed by atoms with Gasteiger partial charge in [-0.2, -0.15) is 14.0 Å². The van der Waals surface area contributed by atoms with Crippen LogP contribution in [0.5, 0.6) is 5.75 Å². The van der Waals surface area contributed by atoms with Gasteiger partial charge < -0.3 is 4.74 Å². The van der Waals surface area contributed by atoms with E-state index in [0.717, 1.165) is 0 Å². The van der Waals surface area contributed by atoms with Gasteiger partial charge >= 0.3 is 6.61 Å². The van der Waals surface area contributed by atoms with Gasteiger partial charge in [-0.1, -0.05) is 18.2 Å². The summed E-state index contributed by atoms with van der Waals surface area (Å²) < 4.78 is 29.0. The zero-order chi connectivity index (χ0) is 15.9. The van der Waals surface area contributed by atoms with E-state index in [9.17, 15) is 13.6 Å². The van der Waals surface area contributed by atoms with E-state index in [-0.39, 0.29) is 16.9 Å². The molecular weight excluding hydrogens is 312 g/mol. The van der Waals surface area contributed by atoms with E-state index in [0.29, 0.717) is 5.13 Å². The molecule has 0 atom stereocenters. The number of aromatic nitrogens is 1. The number of nitriles is 1. The SMILES string of the molecule is N#C/C(=C/c1ccccc1OC(F)F)C(=O)Nc1nccs1. The number of hydrogen-bond donors (Lipinski definition) is 1. The molecule has 1 aromatic carbocycles. The third kappa shape index (κ3) is 4.10. The summed E-state index contributed by atoms with van der Waals surface area (Å²) in [4.78, 5) is 15.8. The number of benzene rings is 1. The zero-order valence-corrected chi connectivity index (χ0v) is 11.8. The molecule has 0 bridgehead atoms. The first-order chi connectivity index (χ1) is 10.6. The van der Waals surface area contributed by atoms with Crippen LogP contribution in [-0.2, 0) is 4.79 Å². The molecule has 0 radical (unpaired) electrons. The van der Waals surface area contributed by atoms with Gasteiger partial charge in [-0.15, -0.1) is 11.3 Å². The van der Waals surface area contributed by atoms with Crippen LogP contribution in [0.3, 0.4) is 0 Å². The number of alkyl halides is 2. The molecule has 0 spiro atoms. The van der Waals surface area contributed by atoms with Gasteiger partial charge in [0.05, 0.1) is 0 Å². The van der Waals surface area contributed by atoms with Gasteiger partial charge in [0.15, 0.2) is 5.13 Å². The Morgan fingerprint density at radius 3 is 2.86 bits per heavy atom. The van der Waals surface area contributed by atoms with Crippen molar-refractivity contribution in [3.05, 3.63) is 47.0 Å². The summed E-state index contributed by atoms with van der Waals surface area (Å²) in [6, 6.07) is 7.61. The van der Waals surface area contributed by atoms with Crippen LogP contribution in [0.4, 0.5) is 13.9 Å². The molecule has 22 heavy (non-hydrogen) atoms. The van der Waals surface area contributed by atoms with Gasteiger partial charge in [-0.3, -0.25) is 10.1 Å². The van der Waals surface area contributed by atoms with Crippen molar-refractivity contribution in [3.8, 4) is 11.8 Å². The minimum atomic E-state index is -3.00. The summed E-state index contributed by atoms with van der Waals surface area (Å²) in [5.41, 5.74) is -0.0471. The lowest BCUT2D eigenvalue weighted by Gasteiger charge is -2.08. The molecular formula is C14H9F2N3O2S. The van der Waals surface area contributed by atoms with Gasteiger partial charge in [0.25, 0.3) is 5.91 Å². The maximum atomic E-state index is 12.3. The average molecular weight is 321 g/mol. The van der Waals surface area contributed by atoms with E-state index in [1.54, 1.807) is 17.5 Å². The number of thiazole rings is 1. The van der Waals surface area contributed by atoms with Crippen molar-refractivity contribution in [2.24, 2.45) is 0 Å². The van der Waals surface area contributed by atoms with E-state index in [4.69, 9.17) is 5.26 Å². The van der Waals surface area contributed by atoms with E-state index >= 15 is 0 Å². The number of anilines is 1. The molecule has 1 N–H and O–H groups in total. The van der Waals surface area contributed by atoms with E-state index in [1.165, 1.54) is 41.8 Å². The second-order valence-electron chi connectivity index (χ2n) is 3.88. The van der Waals surface area contributed by atoms with Crippen molar-refractivity contribution in [2.45, 2.75) is 6.61 Å². The largest absolute Gasteiger partial charge is 0.434 e. The fraction of sp³-hybridized carbons (Fsp3) is 0.0714. The molecule has 5 nitrogen and oxygen atoms in total. The standard InChI is InChI=1S/C14H9F2N3O2S/c15-13(16)21-11-4-2-1-3-9(11)7-10(8-17)12(20)19-14-18-5-6-22-14/h1-7,13H,(H,18,19,20)/b10-7-. The third-order valence-corrected chi connectivity index (χ3v) is 3.14. The fourth-order valence-corrected chi connectivity index (χ4v) is 2.08. The lowest BCUT2D eigenvalue weighted by molar-refractivity contribution is -0.112. The Bertz CT molecular complexity index is 724. The molecule has 112 valence electrons. The minimum Gasteiger partial charge on any atom is -0.434 e. The minimum absolute atomic E-state index is 0.118. The highest BCUT2D eigenvalue weighted by molar-refractivity contribution is 7.13. The summed E-state index contributed by atoms with van der Waals surface area (Å²) in [6.07, 6.45) is 2.68. The average Bonchev–Trinajstić information content (AvgIpc) is 2.98. The Morgan fingerprint density at radius 1 is 1.45 bits per heavy atom. The van der Waals surface area contributed by atoms with E-state index < -0.39 is 12.5 Å². The summed E-state index contributed by atoms with van der Waals surface area (Å²) in [6.45, 7) is -3.00. The normalized spacial score (nSPS) is 11.1. The van der Waals surface area contributed by atoms with Crippen LogP contribution in [-0.4, -0.2) is 17.5 Å². The second kappa shape index (κ2) is 7.28. The quantitative estimate of drug-likeness (QED) is 0.677. The molecule has 8 heteroatoms. The number of nitrogens with zero attached hydrogens (tertiary/aromatic N) is 2. The van der Waals surface area contributed by atoms with Crippen LogP contribution >= 0.6 is 11.3 Å². The Labute approximate surface area is 128 Å². The summed E-state index contributed by atoms with van der Waals surface area (Å²) in [7, 11) is 0. The first kappa shape index (κ1) is 15.6. The monoisotopic (exact) mass is 321 g/mol. The number of amides is 1. The predicted molar refractivity (Wildman–Crippen MR) is 77.4 cm³/mol. The van der Waals surface area contributed by atoms with Gasteiger partial charge in [0.1, 0.15) is 17.4 Å². The Hall–Kier alpha value is -2.79. The lowest BCUT2D eigenvalue weighted by Crippen LogP contribution is -2.13. The molecule has 0 saturated carbocycles. The molecule has 1 amide bonds. The van der Waals surface area contributed by atoms with Crippen LogP contribution in [0.15, 0.2) is 41.4 Å². The maximum Gasteiger partial charge on any atom is 0.387 e. The highest BCUT2D eigenvalue weighted by Crippen LogP contribution is 2.23. The van der Waals surface area contributed by atoms with Crippen molar-refractivity contribution in [3.63, 3.8) is 0 Å². The molecule has 2 rings (SSSR count). The van der Waals surface area contributed by atoms with Gasteiger partial charge in [0, 0.05) is 17.1 Å². The number of ether oxygens (including phenoxy) is 1. The summed E-state index contributed by atoms with van der Waals surface area (Å²) in [5, 5.41) is 13.5. The van der Waals surface area contributed by atoms with Crippen molar-refractivity contribution in [2.75, 3.05) is 5.32 Å². The number of para-hydroxylation sites is 1. The topological polar surface area (TPSA) is 75.0 Å². The fourth-order valence-electron chi connectivity index (χ4n) is 1.56. The molecule has 2 aromatic rings. The van der Waals surface area contributed by atoms with Crippen LogP contribution in [0.2, 0.25) is 0 Å². The summed E-state index contributed by atoms with van der Waals surface area (Å²) in [5.74, 6) is -0.795. The van der Waals surface area contributed by atoms with Crippen LogP contribution in [0.1, 0.15) is 5.56 Å². The Kier molecular flexibility index (Phi) is 5.16. The number of carbonyl (C=O) groups excluding carboxylic acids is 1. The lowest BCUT2D eigenvalue weighted by atomic mass is 10.1. The van der Waals surface area contributed by atoms with Crippen LogP contribution < -0.4 is 10.1 Å². The number of nitrogens with one attached hydrogen (secondary N) is 1. The predicted octanol–water partition coefficient (Wildman–Crippen LogP) is 3.29. The summed E-state index contributed by atoms with van der Waals surface area (Å²) >= 11 is 1.19. The van der Waals surface area contributed by atoms with Gasteiger partial charge in [0.2, 0.25) is 0 Å². The molecule has 0 aliphatic heterocycles. The van der Waals surface area contributed by atoms with E-state index in [2.05, 4.69) is 15.0 Å². The number of halogens is 2. The molecule has 0 aliphatic rings. The molecule has 0 aliphatic carbocycles. The molecule has 1 heterocycles. The van der Waals surface area contributed by atoms with Crippen LogP contribution in [0.25, 0.3) is 6.08 Å². The van der Waals surface area contributed by atoms with Crippen molar-refractivity contribution in [1.29, 1.82) is 5.26 Å². The number of hydrogen-bond acceptors (Lipinski definition) is 5. The highest BCUT2D eigenvalue weighted by Gasteiger charge is 2.13. The van der Waals surface area contributed by atoms with Crippen molar-refractivity contribution >= 4 is 28.5 Å². The Balaban J connectivity index is 2.25. The zero-order valence-electron chi connectivity index (χ0n) is 11.0. The maximum absolute atomic E-state index is 12.3. The van der Waals surface area contributed by atoms with Crippen LogP contribution in [0, 0.1) is 11.3 Å². The van der Waals surface area contributed by atoms with Crippen molar-refractivity contribution < 1.29 is 18.3 Å². The molecule has 0 saturated heterocycles. The third-order valence-electron chi connectivity index (χ3n) is 2.45. The Morgan fingerprint density at radius 2 is 2.23 bits per heavy atom. The second-order valence-corrected chi connectivity index (χ2v) is 4.77. The highest BCUT2D eigenvalue weighted by atomic mass is 32.1. The molecule has 0 unspecified atom stereocenters. The first-order valence-electron chi connectivity index (χ1n) is 5.96. The molecule has 1 aromatic heterocycles. The number of rotatable bonds is 5. The van der Waals surface area contributed by atoms with Crippen molar-refractivity contribution in [1.82, 2.24) is 4.98 Å². The van der Waals surface area contributed by atoms with E-state index in [1.807, 2.05) is 0 Å². The van der Waals surface area contributed by atoms with Gasteiger partial charge in [-0.05, 0) is 12.1 Å². The smallest absolute Gasteiger partial charge is 0.387 e. The molecule has 0 fully saturated rings. The number of carbonyl (C=O) groups is 1. The van der Waals surface area contributed by atoms with Gasteiger partial charge in [-0.25, -0.2) is 4.98 Å².